The molecule has 0 bridgehead atoms. The monoisotopic (exact) mass is 337 g/mol. The van der Waals surface area contributed by atoms with E-state index in [0.29, 0.717) is 0 Å². The normalized spacial score (nSPS) is 20.0. The second kappa shape index (κ2) is 5.91. The molecule has 2 unspecified atom stereocenters. The maximum Gasteiger partial charge on any atom is 0.224 e. The Bertz CT molecular complexity index is 871. The number of amides is 1. The topological polar surface area (TPSA) is 45.2 Å². The summed E-state index contributed by atoms with van der Waals surface area (Å²) < 4.78 is 1.18. The van der Waals surface area contributed by atoms with E-state index in [9.17, 15) is 4.79 Å². The fourth-order valence-electron chi connectivity index (χ4n) is 3.51. The van der Waals surface area contributed by atoms with Crippen molar-refractivity contribution in [3.8, 4) is 0 Å². The minimum absolute atomic E-state index is 0.0911. The Balaban J connectivity index is 1.70. The highest BCUT2D eigenvalue weighted by Gasteiger charge is 2.32. The first-order valence-electron chi connectivity index (χ1n) is 8.14. The number of carbonyl (C=O) groups excluding carboxylic acids is 1. The lowest BCUT2D eigenvalue weighted by atomic mass is 9.92. The van der Waals surface area contributed by atoms with Gasteiger partial charge < -0.3 is 10.2 Å². The fourth-order valence-corrected chi connectivity index (χ4v) is 4.43. The smallest absolute Gasteiger partial charge is 0.224 e. The van der Waals surface area contributed by atoms with Crippen molar-refractivity contribution in [2.75, 3.05) is 10.2 Å². The van der Waals surface area contributed by atoms with E-state index in [1.807, 2.05) is 41.3 Å². The molecule has 1 N–H and O–H groups in total. The Morgan fingerprint density at radius 3 is 2.75 bits per heavy atom. The summed E-state index contributed by atoms with van der Waals surface area (Å²) in [6.45, 7) is 3.74. The SMILES string of the molecule is CC(=O)N1c2ccccc2C(Nc2nc3ccccc3s2)CC1C. The molecule has 4 nitrogen and oxygen atoms in total. The van der Waals surface area contributed by atoms with Crippen molar-refractivity contribution in [3.05, 3.63) is 54.1 Å². The van der Waals surface area contributed by atoms with Gasteiger partial charge in [-0.05, 0) is 37.1 Å². The van der Waals surface area contributed by atoms with Crippen LogP contribution >= 0.6 is 11.3 Å². The molecule has 24 heavy (non-hydrogen) atoms. The lowest BCUT2D eigenvalue weighted by Crippen LogP contribution is -2.43. The van der Waals surface area contributed by atoms with Crippen molar-refractivity contribution in [3.63, 3.8) is 0 Å². The van der Waals surface area contributed by atoms with Gasteiger partial charge in [-0.25, -0.2) is 4.98 Å². The molecule has 5 heteroatoms. The van der Waals surface area contributed by atoms with Crippen LogP contribution in [0.1, 0.15) is 31.9 Å². The van der Waals surface area contributed by atoms with Gasteiger partial charge in [-0.15, -0.1) is 0 Å². The summed E-state index contributed by atoms with van der Waals surface area (Å²) in [7, 11) is 0. The van der Waals surface area contributed by atoms with Crippen LogP contribution in [0, 0.1) is 0 Å². The zero-order valence-corrected chi connectivity index (χ0v) is 14.5. The van der Waals surface area contributed by atoms with Crippen molar-refractivity contribution >= 4 is 38.3 Å². The van der Waals surface area contributed by atoms with Crippen molar-refractivity contribution < 1.29 is 4.79 Å². The number of aromatic nitrogens is 1. The quantitative estimate of drug-likeness (QED) is 0.743. The van der Waals surface area contributed by atoms with Crippen LogP contribution in [-0.4, -0.2) is 16.9 Å². The van der Waals surface area contributed by atoms with Crippen LogP contribution in [0.5, 0.6) is 0 Å². The molecule has 1 amide bonds. The first-order valence-corrected chi connectivity index (χ1v) is 8.96. The van der Waals surface area contributed by atoms with Gasteiger partial charge in [0.05, 0.1) is 16.3 Å². The van der Waals surface area contributed by atoms with Gasteiger partial charge >= 0.3 is 0 Å². The number of nitrogens with zero attached hydrogens (tertiary/aromatic N) is 2. The number of thiazole rings is 1. The molecule has 4 rings (SSSR count). The summed E-state index contributed by atoms with van der Waals surface area (Å²) in [5.74, 6) is 0.0911. The molecule has 122 valence electrons. The van der Waals surface area contributed by atoms with E-state index in [-0.39, 0.29) is 18.0 Å². The van der Waals surface area contributed by atoms with E-state index in [2.05, 4.69) is 29.4 Å². The Morgan fingerprint density at radius 1 is 1.21 bits per heavy atom. The second-order valence-corrected chi connectivity index (χ2v) is 7.25. The van der Waals surface area contributed by atoms with Crippen LogP contribution in [-0.2, 0) is 4.79 Å². The van der Waals surface area contributed by atoms with Crippen LogP contribution < -0.4 is 10.2 Å². The summed E-state index contributed by atoms with van der Waals surface area (Å²) in [6.07, 6.45) is 0.868. The molecular weight excluding hydrogens is 318 g/mol. The molecule has 3 aromatic rings. The minimum Gasteiger partial charge on any atom is -0.355 e. The lowest BCUT2D eigenvalue weighted by molar-refractivity contribution is -0.117. The third-order valence-electron chi connectivity index (χ3n) is 4.52. The maximum absolute atomic E-state index is 12.0. The van der Waals surface area contributed by atoms with Gasteiger partial charge in [-0.1, -0.05) is 41.7 Å². The molecule has 0 fully saturated rings. The molecule has 0 aliphatic carbocycles. The molecule has 2 aromatic carbocycles. The number of rotatable bonds is 2. The zero-order valence-electron chi connectivity index (χ0n) is 13.7. The summed E-state index contributed by atoms with van der Waals surface area (Å²) in [6, 6.07) is 16.6. The van der Waals surface area contributed by atoms with Crippen molar-refractivity contribution in [2.24, 2.45) is 0 Å². The highest BCUT2D eigenvalue weighted by Crippen LogP contribution is 2.39. The van der Waals surface area contributed by atoms with Gasteiger partial charge in [-0.2, -0.15) is 0 Å². The van der Waals surface area contributed by atoms with Gasteiger partial charge in [0.2, 0.25) is 5.91 Å². The van der Waals surface area contributed by atoms with Crippen LogP contribution in [0.4, 0.5) is 10.8 Å². The maximum atomic E-state index is 12.0. The number of benzene rings is 2. The summed E-state index contributed by atoms with van der Waals surface area (Å²) in [5, 5.41) is 4.52. The highest BCUT2D eigenvalue weighted by atomic mass is 32.1. The third kappa shape index (κ3) is 2.55. The van der Waals surface area contributed by atoms with E-state index in [0.717, 1.165) is 28.3 Å². The first-order chi connectivity index (χ1) is 11.6. The number of anilines is 2. The first kappa shape index (κ1) is 15.1. The minimum atomic E-state index is 0.0911. The van der Waals surface area contributed by atoms with Gasteiger partial charge in [0.15, 0.2) is 5.13 Å². The molecule has 1 aliphatic rings. The summed E-state index contributed by atoms with van der Waals surface area (Å²) >= 11 is 1.67. The molecule has 1 aliphatic heterocycles. The number of hydrogen-bond acceptors (Lipinski definition) is 4. The highest BCUT2D eigenvalue weighted by molar-refractivity contribution is 7.22. The van der Waals surface area contributed by atoms with Crippen LogP contribution in [0.3, 0.4) is 0 Å². The van der Waals surface area contributed by atoms with E-state index in [4.69, 9.17) is 0 Å². The van der Waals surface area contributed by atoms with Crippen molar-refractivity contribution in [1.82, 2.24) is 4.98 Å². The Kier molecular flexibility index (Phi) is 3.73. The molecule has 0 radical (unpaired) electrons. The standard InChI is InChI=1S/C19H19N3OS/c1-12-11-16(14-7-3-5-9-17(14)22(12)13(2)23)21-19-20-15-8-4-6-10-18(15)24-19/h3-10,12,16H,11H2,1-2H3,(H,20,21). The van der Waals surface area contributed by atoms with Crippen LogP contribution in [0.2, 0.25) is 0 Å². The molecule has 1 aromatic heterocycles. The molecular formula is C19H19N3OS. The third-order valence-corrected chi connectivity index (χ3v) is 5.49. The summed E-state index contributed by atoms with van der Waals surface area (Å²) in [5.41, 5.74) is 3.18. The largest absolute Gasteiger partial charge is 0.355 e. The van der Waals surface area contributed by atoms with Crippen LogP contribution in [0.25, 0.3) is 10.2 Å². The van der Waals surface area contributed by atoms with Gasteiger partial charge in [0.25, 0.3) is 0 Å². The zero-order chi connectivity index (χ0) is 16.7. The number of nitrogens with one attached hydrogen (secondary N) is 1. The molecule has 2 heterocycles. The van der Waals surface area contributed by atoms with Crippen LogP contribution in [0.15, 0.2) is 48.5 Å². The predicted octanol–water partition coefficient (Wildman–Crippen LogP) is 4.59. The average Bonchev–Trinajstić information content (AvgIpc) is 2.96. The number of fused-ring (bicyclic) bond motifs is 2. The van der Waals surface area contributed by atoms with Gasteiger partial charge in [0.1, 0.15) is 0 Å². The van der Waals surface area contributed by atoms with Crippen molar-refractivity contribution in [2.45, 2.75) is 32.4 Å². The number of hydrogen-bond donors (Lipinski definition) is 1. The fraction of sp³-hybridized carbons (Fsp3) is 0.263. The van der Waals surface area contributed by atoms with Crippen molar-refractivity contribution in [1.29, 1.82) is 0 Å². The van der Waals surface area contributed by atoms with E-state index in [1.165, 1.54) is 4.70 Å². The molecule has 0 spiro atoms. The lowest BCUT2D eigenvalue weighted by Gasteiger charge is -2.39. The Labute approximate surface area is 145 Å². The summed E-state index contributed by atoms with van der Waals surface area (Å²) in [4.78, 5) is 18.6. The average molecular weight is 337 g/mol. The van der Waals surface area contributed by atoms with E-state index in [1.54, 1.807) is 18.3 Å². The molecule has 2 atom stereocenters. The predicted molar refractivity (Wildman–Crippen MR) is 99.7 cm³/mol. The van der Waals surface area contributed by atoms with E-state index >= 15 is 0 Å². The second-order valence-electron chi connectivity index (χ2n) is 6.22. The number of carbonyl (C=O) groups is 1. The van der Waals surface area contributed by atoms with E-state index < -0.39 is 0 Å². The molecule has 0 saturated heterocycles. The number of para-hydroxylation sites is 2. The Morgan fingerprint density at radius 2 is 1.96 bits per heavy atom. The molecule has 0 saturated carbocycles. The Hall–Kier alpha value is -2.40. The van der Waals surface area contributed by atoms with Gasteiger partial charge in [0, 0.05) is 18.7 Å². The van der Waals surface area contributed by atoms with Gasteiger partial charge in [-0.3, -0.25) is 4.79 Å².